The van der Waals surface area contributed by atoms with E-state index in [4.69, 9.17) is 15.7 Å². The van der Waals surface area contributed by atoms with Crippen LogP contribution in [0.25, 0.3) is 0 Å². The molecule has 1 rings (SSSR count). The van der Waals surface area contributed by atoms with Crippen LogP contribution >= 0.6 is 0 Å². The summed E-state index contributed by atoms with van der Waals surface area (Å²) < 4.78 is 5.09. The summed E-state index contributed by atoms with van der Waals surface area (Å²) in [5, 5.41) is 8.65. The highest BCUT2D eigenvalue weighted by Gasteiger charge is 2.13. The molecule has 0 aromatic carbocycles. The first-order valence-corrected chi connectivity index (χ1v) is 5.54. The minimum Gasteiger partial charge on any atom is -0.479 e. The first-order valence-electron chi connectivity index (χ1n) is 5.54. The summed E-state index contributed by atoms with van der Waals surface area (Å²) in [7, 11) is 1.54. The number of methoxy groups -OCH3 is 1. The van der Waals surface area contributed by atoms with Gasteiger partial charge in [0.2, 0.25) is 5.88 Å². The van der Waals surface area contributed by atoms with Crippen molar-refractivity contribution in [1.29, 1.82) is 5.26 Å². The van der Waals surface area contributed by atoms with Gasteiger partial charge in [-0.25, -0.2) is 0 Å². The number of ether oxygens (including phenoxy) is 1. The van der Waals surface area contributed by atoms with Crippen molar-refractivity contribution in [2.75, 3.05) is 24.3 Å². The standard InChI is InChI=1S/C12H18N4O/c1-9(2)16(8-4-7-13)11-6-5-10(14)12(15-11)17-3/h5-6,9H,4,8,14H2,1-3H3. The Bertz CT molecular complexity index is 411. The van der Waals surface area contributed by atoms with E-state index >= 15 is 0 Å². The highest BCUT2D eigenvalue weighted by atomic mass is 16.5. The van der Waals surface area contributed by atoms with Crippen LogP contribution in [0.4, 0.5) is 11.5 Å². The first-order chi connectivity index (χ1) is 8.10. The maximum atomic E-state index is 8.65. The van der Waals surface area contributed by atoms with E-state index in [1.807, 2.05) is 11.0 Å². The van der Waals surface area contributed by atoms with Crippen LogP contribution in [0.1, 0.15) is 20.3 Å². The zero-order valence-electron chi connectivity index (χ0n) is 10.5. The van der Waals surface area contributed by atoms with Crippen molar-refractivity contribution >= 4 is 11.5 Å². The molecule has 0 saturated carbocycles. The normalized spacial score (nSPS) is 10.1. The Labute approximate surface area is 102 Å². The van der Waals surface area contributed by atoms with Gasteiger partial charge in [-0.1, -0.05) is 0 Å². The minimum absolute atomic E-state index is 0.268. The fourth-order valence-corrected chi connectivity index (χ4v) is 1.57. The molecule has 0 amide bonds. The lowest BCUT2D eigenvalue weighted by atomic mass is 10.2. The molecule has 1 aromatic heterocycles. The Morgan fingerprint density at radius 3 is 2.76 bits per heavy atom. The molecule has 0 aliphatic rings. The van der Waals surface area contributed by atoms with Gasteiger partial charge in [-0.05, 0) is 26.0 Å². The number of rotatable bonds is 5. The molecule has 0 aliphatic heterocycles. The van der Waals surface area contributed by atoms with Crippen molar-refractivity contribution in [3.8, 4) is 11.9 Å². The zero-order valence-corrected chi connectivity index (χ0v) is 10.5. The van der Waals surface area contributed by atoms with Gasteiger partial charge in [0.25, 0.3) is 0 Å². The highest BCUT2D eigenvalue weighted by molar-refractivity contribution is 5.54. The van der Waals surface area contributed by atoms with Gasteiger partial charge in [0.15, 0.2) is 0 Å². The van der Waals surface area contributed by atoms with Crippen LogP contribution in [-0.4, -0.2) is 24.7 Å². The van der Waals surface area contributed by atoms with Crippen molar-refractivity contribution in [3.63, 3.8) is 0 Å². The summed E-state index contributed by atoms with van der Waals surface area (Å²) in [5.41, 5.74) is 6.23. The number of hydrogen-bond donors (Lipinski definition) is 1. The van der Waals surface area contributed by atoms with Gasteiger partial charge in [0, 0.05) is 12.6 Å². The monoisotopic (exact) mass is 234 g/mol. The fourth-order valence-electron chi connectivity index (χ4n) is 1.57. The Hall–Kier alpha value is -1.96. The smallest absolute Gasteiger partial charge is 0.238 e. The predicted octanol–water partition coefficient (Wildman–Crippen LogP) is 1.80. The second-order valence-electron chi connectivity index (χ2n) is 3.96. The van der Waals surface area contributed by atoms with E-state index in [1.165, 1.54) is 7.11 Å². The number of hydrogen-bond acceptors (Lipinski definition) is 5. The van der Waals surface area contributed by atoms with E-state index in [0.717, 1.165) is 5.82 Å². The Kier molecular flexibility index (Phi) is 4.58. The summed E-state index contributed by atoms with van der Waals surface area (Å²) in [4.78, 5) is 6.38. The van der Waals surface area contributed by atoms with Crippen LogP contribution in [0.15, 0.2) is 12.1 Å². The van der Waals surface area contributed by atoms with Gasteiger partial charge in [-0.3, -0.25) is 0 Å². The molecular weight excluding hydrogens is 216 g/mol. The number of anilines is 2. The van der Waals surface area contributed by atoms with E-state index in [-0.39, 0.29) is 6.04 Å². The Morgan fingerprint density at radius 1 is 1.53 bits per heavy atom. The largest absolute Gasteiger partial charge is 0.479 e. The van der Waals surface area contributed by atoms with Crippen molar-refractivity contribution < 1.29 is 4.74 Å². The van der Waals surface area contributed by atoms with Crippen LogP contribution in [-0.2, 0) is 0 Å². The van der Waals surface area contributed by atoms with Crippen LogP contribution in [0.5, 0.6) is 5.88 Å². The molecule has 0 bridgehead atoms. The number of nitrogens with two attached hydrogens (primary N) is 1. The third-order valence-electron chi connectivity index (χ3n) is 2.45. The zero-order chi connectivity index (χ0) is 12.8. The molecule has 5 nitrogen and oxygen atoms in total. The highest BCUT2D eigenvalue weighted by Crippen LogP contribution is 2.23. The van der Waals surface area contributed by atoms with Gasteiger partial charge < -0.3 is 15.4 Å². The number of pyridine rings is 1. The summed E-state index contributed by atoms with van der Waals surface area (Å²) in [5.74, 6) is 1.20. The van der Waals surface area contributed by atoms with E-state index < -0.39 is 0 Å². The number of nitrogens with zero attached hydrogens (tertiary/aromatic N) is 3. The lowest BCUT2D eigenvalue weighted by Gasteiger charge is -2.27. The molecule has 5 heteroatoms. The molecule has 92 valence electrons. The Morgan fingerprint density at radius 2 is 2.24 bits per heavy atom. The summed E-state index contributed by atoms with van der Waals surface area (Å²) in [6.07, 6.45) is 0.465. The van der Waals surface area contributed by atoms with Crippen LogP contribution in [0.2, 0.25) is 0 Å². The first kappa shape index (κ1) is 13.1. The topological polar surface area (TPSA) is 75.2 Å². The molecule has 0 unspecified atom stereocenters. The molecule has 0 spiro atoms. The SMILES string of the molecule is COc1nc(N(CCC#N)C(C)C)ccc1N. The van der Waals surface area contributed by atoms with Gasteiger partial charge in [-0.15, -0.1) is 0 Å². The molecule has 0 radical (unpaired) electrons. The van der Waals surface area contributed by atoms with Gasteiger partial charge in [-0.2, -0.15) is 10.2 Å². The van der Waals surface area contributed by atoms with E-state index in [1.54, 1.807) is 6.07 Å². The van der Waals surface area contributed by atoms with Crippen LogP contribution in [0.3, 0.4) is 0 Å². The van der Waals surface area contributed by atoms with E-state index in [0.29, 0.717) is 24.5 Å². The predicted molar refractivity (Wildman–Crippen MR) is 67.9 cm³/mol. The Balaban J connectivity index is 2.98. The number of nitrogen functional groups attached to an aromatic ring is 1. The van der Waals surface area contributed by atoms with Crippen LogP contribution < -0.4 is 15.4 Å². The lowest BCUT2D eigenvalue weighted by molar-refractivity contribution is 0.400. The molecule has 1 heterocycles. The molecule has 0 atom stereocenters. The van der Waals surface area contributed by atoms with Crippen molar-refractivity contribution in [3.05, 3.63) is 12.1 Å². The number of nitriles is 1. The molecule has 0 aliphatic carbocycles. The van der Waals surface area contributed by atoms with Gasteiger partial charge in [0.1, 0.15) is 5.82 Å². The molecule has 0 saturated heterocycles. The van der Waals surface area contributed by atoms with E-state index in [9.17, 15) is 0 Å². The maximum absolute atomic E-state index is 8.65. The molecular formula is C12H18N4O. The van der Waals surface area contributed by atoms with Crippen molar-refractivity contribution in [2.24, 2.45) is 0 Å². The lowest BCUT2D eigenvalue weighted by Crippen LogP contribution is -2.32. The summed E-state index contributed by atoms with van der Waals surface area (Å²) in [6.45, 7) is 4.76. The molecule has 1 aromatic rings. The summed E-state index contributed by atoms with van der Waals surface area (Å²) >= 11 is 0. The van der Waals surface area contributed by atoms with Crippen molar-refractivity contribution in [2.45, 2.75) is 26.3 Å². The third-order valence-corrected chi connectivity index (χ3v) is 2.45. The molecule has 0 fully saturated rings. The van der Waals surface area contributed by atoms with Crippen LogP contribution in [0, 0.1) is 11.3 Å². The average Bonchev–Trinajstić information content (AvgIpc) is 2.31. The second kappa shape index (κ2) is 5.94. The van der Waals surface area contributed by atoms with Crippen molar-refractivity contribution in [1.82, 2.24) is 4.98 Å². The quantitative estimate of drug-likeness (QED) is 0.840. The average molecular weight is 234 g/mol. The molecule has 17 heavy (non-hydrogen) atoms. The maximum Gasteiger partial charge on any atom is 0.238 e. The van der Waals surface area contributed by atoms with Gasteiger partial charge >= 0.3 is 0 Å². The molecule has 2 N–H and O–H groups in total. The number of aromatic nitrogens is 1. The second-order valence-corrected chi connectivity index (χ2v) is 3.96. The third kappa shape index (κ3) is 3.25. The summed E-state index contributed by atoms with van der Waals surface area (Å²) in [6, 6.07) is 6.01. The fraction of sp³-hybridized carbons (Fsp3) is 0.500. The minimum atomic E-state index is 0.268. The van der Waals surface area contributed by atoms with Gasteiger partial charge in [0.05, 0.1) is 25.3 Å². The van der Waals surface area contributed by atoms with E-state index in [2.05, 4.69) is 24.9 Å².